The Bertz CT molecular complexity index is 770. The third kappa shape index (κ3) is 3.95. The largest absolute Gasteiger partial charge is 0.493 e. The molecule has 0 unspecified atom stereocenters. The number of carbonyl (C=O) groups is 2. The van der Waals surface area contributed by atoms with Gasteiger partial charge in [-0.1, -0.05) is 30.9 Å². The molecule has 0 atom stereocenters. The summed E-state index contributed by atoms with van der Waals surface area (Å²) in [6.07, 6.45) is 4.58. The van der Waals surface area contributed by atoms with E-state index < -0.39 is 11.8 Å². The number of amides is 2. The first-order chi connectivity index (χ1) is 12.0. The van der Waals surface area contributed by atoms with Crippen molar-refractivity contribution >= 4 is 35.2 Å². The maximum Gasteiger partial charge on any atom is 0.265 e. The molecule has 0 aliphatic carbocycles. The van der Waals surface area contributed by atoms with Gasteiger partial charge in [-0.2, -0.15) is 0 Å². The van der Waals surface area contributed by atoms with Crippen molar-refractivity contribution in [3.8, 4) is 11.5 Å². The predicted octanol–water partition coefficient (Wildman–Crippen LogP) is 2.07. The van der Waals surface area contributed by atoms with Gasteiger partial charge >= 0.3 is 0 Å². The Kier molecular flexibility index (Phi) is 6.08. The number of hydrogen-bond acceptors (Lipinski definition) is 5. The molecule has 0 spiro atoms. The van der Waals surface area contributed by atoms with Crippen LogP contribution in [0.4, 0.5) is 0 Å². The van der Waals surface area contributed by atoms with E-state index in [1.807, 2.05) is 0 Å². The van der Waals surface area contributed by atoms with Crippen molar-refractivity contribution in [1.29, 1.82) is 0 Å². The second kappa shape index (κ2) is 8.25. The Morgan fingerprint density at radius 2 is 2.04 bits per heavy atom. The Labute approximate surface area is 151 Å². The van der Waals surface area contributed by atoms with E-state index in [-0.39, 0.29) is 23.8 Å². The minimum absolute atomic E-state index is 0.0489. The van der Waals surface area contributed by atoms with Gasteiger partial charge in [-0.3, -0.25) is 19.8 Å². The quantitative estimate of drug-likeness (QED) is 0.350. The molecule has 0 saturated carbocycles. The molecule has 1 fully saturated rings. The summed E-state index contributed by atoms with van der Waals surface area (Å²) in [4.78, 5) is 26.1. The highest BCUT2D eigenvalue weighted by molar-refractivity contribution is 7.80. The van der Waals surface area contributed by atoms with Gasteiger partial charge in [0.25, 0.3) is 11.8 Å². The minimum Gasteiger partial charge on any atom is -0.493 e. The molecule has 1 aromatic rings. The van der Waals surface area contributed by atoms with Crippen molar-refractivity contribution in [2.45, 2.75) is 0 Å². The molecule has 25 heavy (non-hydrogen) atoms. The first kappa shape index (κ1) is 18.4. The van der Waals surface area contributed by atoms with Crippen LogP contribution < -0.4 is 14.8 Å². The fourth-order valence-corrected chi connectivity index (χ4v) is 2.50. The number of para-hydroxylation sites is 1. The summed E-state index contributed by atoms with van der Waals surface area (Å²) in [5, 5.41) is 2.56. The highest BCUT2D eigenvalue weighted by Gasteiger charge is 2.32. The van der Waals surface area contributed by atoms with Crippen LogP contribution in [0.2, 0.25) is 0 Å². The van der Waals surface area contributed by atoms with E-state index in [1.165, 1.54) is 24.2 Å². The highest BCUT2D eigenvalue weighted by Crippen LogP contribution is 2.33. The molecule has 0 bridgehead atoms. The number of ether oxygens (including phenoxy) is 2. The normalized spacial score (nSPS) is 15.8. The van der Waals surface area contributed by atoms with E-state index in [1.54, 1.807) is 24.3 Å². The monoisotopic (exact) mass is 358 g/mol. The summed E-state index contributed by atoms with van der Waals surface area (Å²) in [5.74, 6) is -0.154. The number of carbonyl (C=O) groups excluding carboxylic acids is 2. The van der Waals surface area contributed by atoms with Crippen LogP contribution in [0.1, 0.15) is 5.56 Å². The zero-order valence-electron chi connectivity index (χ0n) is 13.8. The lowest BCUT2D eigenvalue weighted by Crippen LogP contribution is -2.53. The van der Waals surface area contributed by atoms with Gasteiger partial charge in [0.15, 0.2) is 16.6 Å². The molecule has 2 amide bonds. The predicted molar refractivity (Wildman–Crippen MR) is 99.3 cm³/mol. The standard InChI is InChI=1S/C18H18N2O4S/c1-4-9-20-17(22)13(16(21)19-18(20)25)11-12-7-6-8-14(23-3)15(12)24-10-5-2/h4-8,11H,1-2,9-10H2,3H3,(H,19,21,25). The molecule has 130 valence electrons. The number of methoxy groups -OCH3 is 1. The van der Waals surface area contributed by atoms with Crippen LogP contribution in [0, 0.1) is 0 Å². The lowest BCUT2D eigenvalue weighted by atomic mass is 10.1. The third-order valence-electron chi connectivity index (χ3n) is 3.37. The summed E-state index contributed by atoms with van der Waals surface area (Å²) in [6.45, 7) is 7.66. The Morgan fingerprint density at radius 3 is 2.68 bits per heavy atom. The average molecular weight is 358 g/mol. The molecule has 0 aromatic heterocycles. The second-order valence-corrected chi connectivity index (χ2v) is 5.39. The Hall–Kier alpha value is -2.93. The lowest BCUT2D eigenvalue weighted by Gasteiger charge is -2.27. The van der Waals surface area contributed by atoms with Crippen molar-refractivity contribution in [2.24, 2.45) is 0 Å². The molecule has 0 radical (unpaired) electrons. The van der Waals surface area contributed by atoms with Crippen LogP contribution >= 0.6 is 12.2 Å². The van der Waals surface area contributed by atoms with Crippen molar-refractivity contribution in [1.82, 2.24) is 10.2 Å². The van der Waals surface area contributed by atoms with Crippen LogP contribution in [-0.2, 0) is 9.59 Å². The van der Waals surface area contributed by atoms with E-state index in [0.29, 0.717) is 17.1 Å². The van der Waals surface area contributed by atoms with Crippen LogP contribution in [0.5, 0.6) is 11.5 Å². The van der Waals surface area contributed by atoms with Crippen molar-refractivity contribution in [3.63, 3.8) is 0 Å². The first-order valence-electron chi connectivity index (χ1n) is 7.44. The van der Waals surface area contributed by atoms with Crippen molar-refractivity contribution in [3.05, 3.63) is 54.6 Å². The Balaban J connectivity index is 2.48. The van der Waals surface area contributed by atoms with Gasteiger partial charge in [0.2, 0.25) is 0 Å². The SMILES string of the molecule is C=CCOc1c(C=C2C(=O)NC(=S)N(CC=C)C2=O)cccc1OC. The number of nitrogens with one attached hydrogen (secondary N) is 1. The van der Waals surface area contributed by atoms with Gasteiger partial charge in [-0.05, 0) is 24.4 Å². The molecule has 1 aromatic carbocycles. The highest BCUT2D eigenvalue weighted by atomic mass is 32.1. The molecule has 7 heteroatoms. The summed E-state index contributed by atoms with van der Waals surface area (Å²) in [7, 11) is 1.51. The molecular weight excluding hydrogens is 340 g/mol. The fraction of sp³-hybridized carbons (Fsp3) is 0.167. The summed E-state index contributed by atoms with van der Waals surface area (Å²) in [5.41, 5.74) is 0.484. The van der Waals surface area contributed by atoms with Crippen LogP contribution in [0.3, 0.4) is 0 Å². The third-order valence-corrected chi connectivity index (χ3v) is 3.69. The smallest absolute Gasteiger partial charge is 0.265 e. The number of benzene rings is 1. The molecule has 1 saturated heterocycles. The van der Waals surface area contributed by atoms with Crippen molar-refractivity contribution in [2.75, 3.05) is 20.3 Å². The molecule has 1 N–H and O–H groups in total. The molecule has 1 aliphatic rings. The first-order valence-corrected chi connectivity index (χ1v) is 7.84. The zero-order valence-corrected chi connectivity index (χ0v) is 14.6. The van der Waals surface area contributed by atoms with Crippen LogP contribution in [0.25, 0.3) is 6.08 Å². The van der Waals surface area contributed by atoms with Gasteiger partial charge in [-0.15, -0.1) is 6.58 Å². The van der Waals surface area contributed by atoms with Gasteiger partial charge in [-0.25, -0.2) is 0 Å². The topological polar surface area (TPSA) is 67.9 Å². The van der Waals surface area contributed by atoms with Crippen molar-refractivity contribution < 1.29 is 19.1 Å². The van der Waals surface area contributed by atoms with Gasteiger partial charge < -0.3 is 9.47 Å². The van der Waals surface area contributed by atoms with E-state index in [9.17, 15) is 9.59 Å². The summed E-state index contributed by atoms with van der Waals surface area (Å²) >= 11 is 5.03. The maximum atomic E-state index is 12.6. The molecular formula is C18H18N2O4S. The van der Waals surface area contributed by atoms with E-state index >= 15 is 0 Å². The summed E-state index contributed by atoms with van der Waals surface area (Å²) < 4.78 is 10.9. The van der Waals surface area contributed by atoms with Gasteiger partial charge in [0, 0.05) is 12.1 Å². The van der Waals surface area contributed by atoms with Crippen LogP contribution in [-0.4, -0.2) is 42.1 Å². The maximum absolute atomic E-state index is 12.6. The number of rotatable bonds is 7. The van der Waals surface area contributed by atoms with Gasteiger partial charge in [0.1, 0.15) is 12.2 Å². The zero-order chi connectivity index (χ0) is 18.4. The van der Waals surface area contributed by atoms with Crippen LogP contribution in [0.15, 0.2) is 49.1 Å². The molecule has 2 rings (SSSR count). The molecule has 1 aliphatic heterocycles. The van der Waals surface area contributed by atoms with Gasteiger partial charge in [0.05, 0.1) is 7.11 Å². The van der Waals surface area contributed by atoms with E-state index in [4.69, 9.17) is 21.7 Å². The number of thiocarbonyl (C=S) groups is 1. The number of nitrogens with zero attached hydrogens (tertiary/aromatic N) is 1. The fourth-order valence-electron chi connectivity index (χ4n) is 2.25. The summed E-state index contributed by atoms with van der Waals surface area (Å²) in [6, 6.07) is 5.19. The average Bonchev–Trinajstić information content (AvgIpc) is 2.60. The lowest BCUT2D eigenvalue weighted by molar-refractivity contribution is -0.128. The number of hydrogen-bond donors (Lipinski definition) is 1. The molecule has 1 heterocycles. The van der Waals surface area contributed by atoms with E-state index in [2.05, 4.69) is 18.5 Å². The minimum atomic E-state index is -0.562. The second-order valence-electron chi connectivity index (χ2n) is 5.00. The molecule has 6 nitrogen and oxygen atoms in total. The Morgan fingerprint density at radius 1 is 1.28 bits per heavy atom. The van der Waals surface area contributed by atoms with E-state index in [0.717, 1.165) is 0 Å².